The number of anilines is 1. The number of hydrogen-bond donors (Lipinski definition) is 1. The van der Waals surface area contributed by atoms with Crippen molar-refractivity contribution in [1.82, 2.24) is 4.57 Å². The minimum atomic E-state index is -0.290. The largest absolute Gasteiger partial charge is 0.338 e. The summed E-state index contributed by atoms with van der Waals surface area (Å²) >= 11 is 5.87. The zero-order valence-electron chi connectivity index (χ0n) is 11.0. The van der Waals surface area contributed by atoms with Crippen molar-refractivity contribution in [2.45, 2.75) is 6.54 Å². The summed E-state index contributed by atoms with van der Waals surface area (Å²) < 4.78 is 15.3. The molecular weight excluding hydrogens is 291 g/mol. The molecule has 0 radical (unpaired) electrons. The average molecular weight is 303 g/mol. The summed E-state index contributed by atoms with van der Waals surface area (Å²) in [4.78, 5) is 12.1. The van der Waals surface area contributed by atoms with E-state index < -0.39 is 0 Å². The number of hydrogen-bond acceptors (Lipinski definition) is 1. The maximum absolute atomic E-state index is 13.6. The third kappa shape index (κ3) is 2.90. The molecule has 5 heteroatoms. The van der Waals surface area contributed by atoms with E-state index in [1.165, 1.54) is 6.07 Å². The molecule has 21 heavy (non-hydrogen) atoms. The average Bonchev–Trinajstić information content (AvgIpc) is 2.83. The molecule has 0 saturated heterocycles. The Balaban J connectivity index is 1.79. The first-order chi connectivity index (χ1) is 10.1. The molecule has 2 aromatic carbocycles. The second-order valence-electron chi connectivity index (χ2n) is 4.67. The Labute approximate surface area is 125 Å². The summed E-state index contributed by atoms with van der Waals surface area (Å²) in [6.45, 7) is 0.111. The summed E-state index contributed by atoms with van der Waals surface area (Å²) in [6, 6.07) is 13.4. The van der Waals surface area contributed by atoms with Crippen LogP contribution in [0.25, 0.3) is 10.9 Å². The number of nitrogens with one attached hydrogen (secondary N) is 1. The van der Waals surface area contributed by atoms with Gasteiger partial charge in [-0.2, -0.15) is 0 Å². The molecule has 3 nitrogen and oxygen atoms in total. The van der Waals surface area contributed by atoms with Crippen LogP contribution in [0.4, 0.5) is 10.1 Å². The molecule has 3 aromatic rings. The normalized spacial score (nSPS) is 10.8. The fourth-order valence-corrected chi connectivity index (χ4v) is 2.44. The molecule has 1 N–H and O–H groups in total. The highest BCUT2D eigenvalue weighted by atomic mass is 35.5. The third-order valence-corrected chi connectivity index (χ3v) is 3.42. The molecule has 106 valence electrons. The van der Waals surface area contributed by atoms with Crippen LogP contribution >= 0.6 is 11.6 Å². The highest BCUT2D eigenvalue weighted by Gasteiger charge is 2.09. The molecule has 0 spiro atoms. The van der Waals surface area contributed by atoms with Gasteiger partial charge < -0.3 is 9.88 Å². The van der Waals surface area contributed by atoms with Crippen LogP contribution in [0.5, 0.6) is 0 Å². The van der Waals surface area contributed by atoms with Gasteiger partial charge in [0, 0.05) is 22.3 Å². The number of carbonyl (C=O) groups is 1. The fourth-order valence-electron chi connectivity index (χ4n) is 2.25. The van der Waals surface area contributed by atoms with E-state index in [9.17, 15) is 9.18 Å². The lowest BCUT2D eigenvalue weighted by Crippen LogP contribution is -2.18. The van der Waals surface area contributed by atoms with Gasteiger partial charge in [0.2, 0.25) is 5.91 Å². The van der Waals surface area contributed by atoms with E-state index in [0.29, 0.717) is 21.6 Å². The number of carbonyl (C=O) groups excluding carboxylic acids is 1. The van der Waals surface area contributed by atoms with Crippen LogP contribution < -0.4 is 5.32 Å². The van der Waals surface area contributed by atoms with E-state index in [0.717, 1.165) is 0 Å². The van der Waals surface area contributed by atoms with Gasteiger partial charge in [0.15, 0.2) is 0 Å². The zero-order chi connectivity index (χ0) is 14.8. The van der Waals surface area contributed by atoms with Gasteiger partial charge in [-0.1, -0.05) is 23.7 Å². The first-order valence-electron chi connectivity index (χ1n) is 6.42. The summed E-state index contributed by atoms with van der Waals surface area (Å²) in [5.74, 6) is -0.486. The van der Waals surface area contributed by atoms with Crippen LogP contribution in [0.1, 0.15) is 0 Å². The predicted molar refractivity (Wildman–Crippen MR) is 82.0 cm³/mol. The lowest BCUT2D eigenvalue weighted by atomic mass is 10.2. The lowest BCUT2D eigenvalue weighted by Gasteiger charge is -2.07. The summed E-state index contributed by atoms with van der Waals surface area (Å²) in [7, 11) is 0. The Morgan fingerprint density at radius 1 is 1.19 bits per heavy atom. The van der Waals surface area contributed by atoms with Crippen LogP contribution in [0.15, 0.2) is 54.7 Å². The highest BCUT2D eigenvalue weighted by molar-refractivity contribution is 6.30. The number of nitrogens with zero attached hydrogens (tertiary/aromatic N) is 1. The predicted octanol–water partition coefficient (Wildman–Crippen LogP) is 4.07. The van der Waals surface area contributed by atoms with Crippen LogP contribution in [-0.4, -0.2) is 10.5 Å². The van der Waals surface area contributed by atoms with Gasteiger partial charge in [-0.05, 0) is 36.4 Å². The van der Waals surface area contributed by atoms with Crippen molar-refractivity contribution in [3.8, 4) is 0 Å². The van der Waals surface area contributed by atoms with Gasteiger partial charge in [0.25, 0.3) is 0 Å². The molecule has 0 unspecified atom stereocenters. The maximum atomic E-state index is 13.6. The number of halogens is 2. The molecule has 0 aliphatic carbocycles. The highest BCUT2D eigenvalue weighted by Crippen LogP contribution is 2.19. The maximum Gasteiger partial charge on any atom is 0.244 e. The minimum absolute atomic E-state index is 0.111. The zero-order valence-corrected chi connectivity index (χ0v) is 11.8. The van der Waals surface area contributed by atoms with Crippen molar-refractivity contribution < 1.29 is 9.18 Å². The van der Waals surface area contributed by atoms with E-state index in [4.69, 9.17) is 11.6 Å². The summed E-state index contributed by atoms with van der Waals surface area (Å²) in [5.41, 5.74) is 1.33. The molecule has 1 aromatic heterocycles. The molecule has 0 atom stereocenters. The summed E-state index contributed by atoms with van der Waals surface area (Å²) in [6.07, 6.45) is 1.70. The van der Waals surface area contributed by atoms with Gasteiger partial charge in [-0.15, -0.1) is 0 Å². The van der Waals surface area contributed by atoms with Crippen molar-refractivity contribution in [3.63, 3.8) is 0 Å². The first-order valence-corrected chi connectivity index (χ1v) is 6.80. The van der Waals surface area contributed by atoms with Crippen LogP contribution in [-0.2, 0) is 11.3 Å². The van der Waals surface area contributed by atoms with Crippen molar-refractivity contribution in [3.05, 3.63) is 65.6 Å². The Hall–Kier alpha value is -2.33. The molecular formula is C16H12ClFN2O. The Bertz CT molecular complexity index is 813. The molecule has 3 rings (SSSR count). The van der Waals surface area contributed by atoms with Crippen molar-refractivity contribution in [1.29, 1.82) is 0 Å². The van der Waals surface area contributed by atoms with Gasteiger partial charge in [0.1, 0.15) is 12.4 Å². The SMILES string of the molecule is O=C(Cn1ccc2c(F)cccc21)Nc1cccc(Cl)c1. The van der Waals surface area contributed by atoms with Gasteiger partial charge >= 0.3 is 0 Å². The molecule has 1 amide bonds. The smallest absolute Gasteiger partial charge is 0.244 e. The van der Waals surface area contributed by atoms with Crippen LogP contribution in [0, 0.1) is 5.82 Å². The van der Waals surface area contributed by atoms with E-state index in [2.05, 4.69) is 5.32 Å². The van der Waals surface area contributed by atoms with E-state index in [-0.39, 0.29) is 18.3 Å². The Morgan fingerprint density at radius 2 is 2.00 bits per heavy atom. The fraction of sp³-hybridized carbons (Fsp3) is 0.0625. The Morgan fingerprint density at radius 3 is 2.81 bits per heavy atom. The molecule has 0 aliphatic rings. The standard InChI is InChI=1S/C16H12ClFN2O/c17-11-3-1-4-12(9-11)19-16(21)10-20-8-7-13-14(18)5-2-6-15(13)20/h1-9H,10H2,(H,19,21). The Kier molecular flexibility index (Phi) is 3.62. The second-order valence-corrected chi connectivity index (χ2v) is 5.11. The van der Waals surface area contributed by atoms with E-state index in [1.807, 2.05) is 0 Å². The van der Waals surface area contributed by atoms with E-state index in [1.54, 1.807) is 53.2 Å². The quantitative estimate of drug-likeness (QED) is 0.777. The minimum Gasteiger partial charge on any atom is -0.338 e. The van der Waals surface area contributed by atoms with Crippen molar-refractivity contribution in [2.75, 3.05) is 5.32 Å². The topological polar surface area (TPSA) is 34.0 Å². The second kappa shape index (κ2) is 5.58. The van der Waals surface area contributed by atoms with Gasteiger partial charge in [-0.3, -0.25) is 4.79 Å². The lowest BCUT2D eigenvalue weighted by molar-refractivity contribution is -0.116. The monoisotopic (exact) mass is 302 g/mol. The molecule has 1 heterocycles. The first kappa shape index (κ1) is 13.6. The van der Waals surface area contributed by atoms with Gasteiger partial charge in [-0.25, -0.2) is 4.39 Å². The third-order valence-electron chi connectivity index (χ3n) is 3.18. The van der Waals surface area contributed by atoms with Gasteiger partial charge in [0.05, 0.1) is 5.52 Å². The van der Waals surface area contributed by atoms with E-state index >= 15 is 0 Å². The summed E-state index contributed by atoms with van der Waals surface area (Å²) in [5, 5.41) is 3.83. The van der Waals surface area contributed by atoms with Crippen molar-refractivity contribution in [2.24, 2.45) is 0 Å². The number of benzene rings is 2. The molecule has 0 saturated carbocycles. The number of fused-ring (bicyclic) bond motifs is 1. The number of rotatable bonds is 3. The van der Waals surface area contributed by atoms with Crippen molar-refractivity contribution >= 4 is 34.1 Å². The molecule has 0 fully saturated rings. The molecule has 0 aliphatic heterocycles. The van der Waals surface area contributed by atoms with Crippen LogP contribution in [0.3, 0.4) is 0 Å². The number of amides is 1. The number of aromatic nitrogens is 1. The molecule has 0 bridgehead atoms. The van der Waals surface area contributed by atoms with Crippen LogP contribution in [0.2, 0.25) is 5.02 Å².